The molecule has 0 radical (unpaired) electrons. The number of carbonyl (C=O) groups excluding carboxylic acids is 1. The Kier molecular flexibility index (Phi) is 2.88. The Morgan fingerprint density at radius 3 is 2.59 bits per heavy atom. The summed E-state index contributed by atoms with van der Waals surface area (Å²) in [6.07, 6.45) is 0. The first kappa shape index (κ1) is 11.3. The average Bonchev–Trinajstić information content (AvgIpc) is 2.29. The zero-order chi connectivity index (χ0) is 12.4. The van der Waals surface area contributed by atoms with Crippen LogP contribution in [-0.4, -0.2) is 35.2 Å². The van der Waals surface area contributed by atoms with Crippen LogP contribution in [0.3, 0.4) is 0 Å². The van der Waals surface area contributed by atoms with Gasteiger partial charge in [-0.05, 0) is 6.07 Å². The third kappa shape index (κ3) is 2.16. The normalized spacial score (nSPS) is 10.8. The van der Waals surface area contributed by atoms with Crippen molar-refractivity contribution in [2.45, 2.75) is 0 Å². The quantitative estimate of drug-likeness (QED) is 0.721. The highest BCUT2D eigenvalue weighted by Crippen LogP contribution is 2.11. The van der Waals surface area contributed by atoms with Gasteiger partial charge in [0, 0.05) is 19.5 Å². The second kappa shape index (κ2) is 4.34. The Balaban J connectivity index is 2.59. The molecule has 0 spiro atoms. The van der Waals surface area contributed by atoms with Gasteiger partial charge in [0.05, 0.1) is 5.39 Å². The number of hydrazine groups is 1. The van der Waals surface area contributed by atoms with E-state index >= 15 is 0 Å². The molecule has 2 N–H and O–H groups in total. The molecule has 2 rings (SSSR count). The van der Waals surface area contributed by atoms with E-state index < -0.39 is 0 Å². The van der Waals surface area contributed by atoms with Crippen LogP contribution in [0.25, 0.3) is 10.8 Å². The molecule has 6 nitrogen and oxygen atoms in total. The van der Waals surface area contributed by atoms with Crippen LogP contribution in [-0.2, 0) is 0 Å². The summed E-state index contributed by atoms with van der Waals surface area (Å²) in [7, 11) is 3.40. The fourth-order valence-corrected chi connectivity index (χ4v) is 1.54. The summed E-state index contributed by atoms with van der Waals surface area (Å²) in [6.45, 7) is 0. The van der Waals surface area contributed by atoms with Crippen LogP contribution >= 0.6 is 0 Å². The summed E-state index contributed by atoms with van der Waals surface area (Å²) in [5.74, 6) is -0.359. The lowest BCUT2D eigenvalue weighted by Gasteiger charge is -2.11. The molecule has 2 aromatic rings. The molecule has 0 aliphatic heterocycles. The van der Waals surface area contributed by atoms with Gasteiger partial charge in [-0.15, -0.1) is 0 Å². The number of hydrogen-bond donors (Lipinski definition) is 2. The van der Waals surface area contributed by atoms with Crippen molar-refractivity contribution >= 4 is 16.7 Å². The van der Waals surface area contributed by atoms with Crippen LogP contribution in [0.15, 0.2) is 29.1 Å². The highest BCUT2D eigenvalue weighted by atomic mass is 16.2. The molecule has 0 aliphatic carbocycles. The van der Waals surface area contributed by atoms with Crippen LogP contribution in [0.4, 0.5) is 0 Å². The van der Waals surface area contributed by atoms with Crippen LogP contribution in [0.1, 0.15) is 10.5 Å². The van der Waals surface area contributed by atoms with Gasteiger partial charge in [0.15, 0.2) is 5.69 Å². The average molecular weight is 232 g/mol. The first-order valence-corrected chi connectivity index (χ1v) is 5.05. The molecule has 0 fully saturated rings. The van der Waals surface area contributed by atoms with Gasteiger partial charge in [-0.3, -0.25) is 15.0 Å². The van der Waals surface area contributed by atoms with Crippen molar-refractivity contribution in [2.75, 3.05) is 14.1 Å². The molecule has 0 saturated carbocycles. The van der Waals surface area contributed by atoms with Crippen molar-refractivity contribution in [3.8, 4) is 0 Å². The number of nitrogens with zero attached hydrogens (tertiary/aromatic N) is 2. The second-order valence-electron chi connectivity index (χ2n) is 3.78. The highest BCUT2D eigenvalue weighted by molar-refractivity contribution is 6.04. The Morgan fingerprint density at radius 1 is 1.29 bits per heavy atom. The minimum atomic E-state index is -0.359. The van der Waals surface area contributed by atoms with E-state index in [4.69, 9.17) is 0 Å². The number of benzene rings is 1. The van der Waals surface area contributed by atoms with E-state index in [2.05, 4.69) is 15.6 Å². The largest absolute Gasteiger partial charge is 0.286 e. The van der Waals surface area contributed by atoms with Crippen molar-refractivity contribution in [3.63, 3.8) is 0 Å². The molecule has 0 atom stereocenters. The number of fused-ring (bicyclic) bond motifs is 1. The van der Waals surface area contributed by atoms with Crippen molar-refractivity contribution in [1.29, 1.82) is 0 Å². The third-order valence-electron chi connectivity index (χ3n) is 2.24. The van der Waals surface area contributed by atoms with Gasteiger partial charge < -0.3 is 0 Å². The number of carbonyl (C=O) groups is 1. The molecular weight excluding hydrogens is 220 g/mol. The maximum atomic E-state index is 11.8. The Labute approximate surface area is 97.2 Å². The standard InChI is InChI=1S/C11H12N4O2/c1-15(2)14-11(17)9-7-5-3-4-6-8(7)10(16)13-12-9/h3-6H,1-2H3,(H,13,16)(H,14,17). The molecule has 1 amide bonds. The van der Waals surface area contributed by atoms with E-state index in [1.165, 1.54) is 5.01 Å². The number of rotatable bonds is 2. The van der Waals surface area contributed by atoms with E-state index in [1.54, 1.807) is 38.4 Å². The number of nitrogens with one attached hydrogen (secondary N) is 2. The number of H-pyrrole nitrogens is 1. The maximum absolute atomic E-state index is 11.8. The van der Waals surface area contributed by atoms with Gasteiger partial charge in [0.1, 0.15) is 0 Å². The van der Waals surface area contributed by atoms with Gasteiger partial charge in [-0.25, -0.2) is 10.1 Å². The van der Waals surface area contributed by atoms with Crippen LogP contribution in [0, 0.1) is 0 Å². The molecule has 0 saturated heterocycles. The summed E-state index contributed by atoms with van der Waals surface area (Å²) in [6, 6.07) is 6.85. The van der Waals surface area contributed by atoms with E-state index in [0.717, 1.165) is 0 Å². The SMILES string of the molecule is CN(C)NC(=O)c1n[nH]c(=O)c2ccccc12. The van der Waals surface area contributed by atoms with Crippen LogP contribution in [0.5, 0.6) is 0 Å². The maximum Gasteiger partial charge on any atom is 0.286 e. The highest BCUT2D eigenvalue weighted by Gasteiger charge is 2.13. The van der Waals surface area contributed by atoms with Crippen molar-refractivity contribution in [3.05, 3.63) is 40.3 Å². The molecule has 0 bridgehead atoms. The lowest BCUT2D eigenvalue weighted by atomic mass is 10.1. The van der Waals surface area contributed by atoms with Gasteiger partial charge in [0.2, 0.25) is 0 Å². The smallest absolute Gasteiger partial charge is 0.284 e. The summed E-state index contributed by atoms with van der Waals surface area (Å²) < 4.78 is 0. The molecule has 6 heteroatoms. The summed E-state index contributed by atoms with van der Waals surface area (Å²) in [4.78, 5) is 23.4. The van der Waals surface area contributed by atoms with Gasteiger partial charge in [-0.2, -0.15) is 5.10 Å². The fraction of sp³-hybridized carbons (Fsp3) is 0.182. The number of aromatic amines is 1. The first-order chi connectivity index (χ1) is 8.09. The summed E-state index contributed by atoms with van der Waals surface area (Å²) in [5.41, 5.74) is 2.48. The minimum absolute atomic E-state index is 0.203. The van der Waals surface area contributed by atoms with Gasteiger partial charge in [0.25, 0.3) is 11.5 Å². The predicted molar refractivity (Wildman–Crippen MR) is 63.5 cm³/mol. The number of hydrogen-bond acceptors (Lipinski definition) is 4. The Bertz CT molecular complexity index is 618. The molecule has 0 aliphatic rings. The third-order valence-corrected chi connectivity index (χ3v) is 2.24. The zero-order valence-electron chi connectivity index (χ0n) is 9.52. The molecule has 1 heterocycles. The van der Waals surface area contributed by atoms with Crippen LogP contribution in [0.2, 0.25) is 0 Å². The van der Waals surface area contributed by atoms with Crippen LogP contribution < -0.4 is 11.0 Å². The van der Waals surface area contributed by atoms with Crippen molar-refractivity contribution in [1.82, 2.24) is 20.6 Å². The van der Waals surface area contributed by atoms with E-state index in [0.29, 0.717) is 10.8 Å². The molecule has 1 aromatic heterocycles. The lowest BCUT2D eigenvalue weighted by Crippen LogP contribution is -2.37. The zero-order valence-corrected chi connectivity index (χ0v) is 9.52. The molecule has 88 valence electrons. The van der Waals surface area contributed by atoms with Crippen molar-refractivity contribution in [2.24, 2.45) is 0 Å². The van der Waals surface area contributed by atoms with Crippen molar-refractivity contribution < 1.29 is 4.79 Å². The van der Waals surface area contributed by atoms with E-state index in [-0.39, 0.29) is 17.2 Å². The lowest BCUT2D eigenvalue weighted by molar-refractivity contribution is 0.0852. The second-order valence-corrected chi connectivity index (χ2v) is 3.78. The minimum Gasteiger partial charge on any atom is -0.284 e. The number of amides is 1. The topological polar surface area (TPSA) is 78.1 Å². The van der Waals surface area contributed by atoms with Gasteiger partial charge in [-0.1, -0.05) is 18.2 Å². The number of aromatic nitrogens is 2. The monoisotopic (exact) mass is 232 g/mol. The fourth-order valence-electron chi connectivity index (χ4n) is 1.54. The van der Waals surface area contributed by atoms with E-state index in [9.17, 15) is 9.59 Å². The predicted octanol–water partition coefficient (Wildman–Crippen LogP) is 0.129. The Hall–Kier alpha value is -2.21. The first-order valence-electron chi connectivity index (χ1n) is 5.05. The Morgan fingerprint density at radius 2 is 1.94 bits per heavy atom. The summed E-state index contributed by atoms with van der Waals surface area (Å²) >= 11 is 0. The summed E-state index contributed by atoms with van der Waals surface area (Å²) in [5, 5.41) is 8.60. The van der Waals surface area contributed by atoms with E-state index in [1.807, 2.05) is 0 Å². The molecular formula is C11H12N4O2. The molecule has 1 aromatic carbocycles. The van der Waals surface area contributed by atoms with Gasteiger partial charge >= 0.3 is 0 Å². The molecule has 0 unspecified atom stereocenters. The molecule has 17 heavy (non-hydrogen) atoms.